The van der Waals surface area contributed by atoms with Crippen molar-refractivity contribution in [1.29, 1.82) is 0 Å². The number of fused-ring (bicyclic) bond motifs is 1. The third-order valence-electron chi connectivity index (χ3n) is 5.69. The summed E-state index contributed by atoms with van der Waals surface area (Å²) in [6.07, 6.45) is 2.80. The molecule has 0 unspecified atom stereocenters. The van der Waals surface area contributed by atoms with Crippen molar-refractivity contribution in [1.82, 2.24) is 10.2 Å². The molecule has 190 valence electrons. The van der Waals surface area contributed by atoms with Gasteiger partial charge in [0.25, 0.3) is 0 Å². The highest BCUT2D eigenvalue weighted by molar-refractivity contribution is 7.92. The van der Waals surface area contributed by atoms with Gasteiger partial charge >= 0.3 is 0 Å². The van der Waals surface area contributed by atoms with E-state index in [0.717, 1.165) is 29.0 Å². The van der Waals surface area contributed by atoms with E-state index in [1.54, 1.807) is 25.1 Å². The molecule has 0 aliphatic carbocycles. The van der Waals surface area contributed by atoms with Crippen LogP contribution in [0.15, 0.2) is 48.5 Å². The van der Waals surface area contributed by atoms with Crippen LogP contribution in [-0.2, 0) is 26.2 Å². The second-order valence-electron chi connectivity index (χ2n) is 8.43. The molecule has 3 rings (SSSR count). The van der Waals surface area contributed by atoms with Gasteiger partial charge in [-0.2, -0.15) is 0 Å². The van der Waals surface area contributed by atoms with Crippen molar-refractivity contribution < 1.29 is 27.5 Å². The van der Waals surface area contributed by atoms with E-state index in [9.17, 15) is 18.0 Å². The van der Waals surface area contributed by atoms with Gasteiger partial charge in [0.05, 0.1) is 11.9 Å². The van der Waals surface area contributed by atoms with Crippen LogP contribution in [0.4, 0.5) is 5.69 Å². The smallest absolute Gasteiger partial charge is 0.244 e. The number of benzene rings is 2. The van der Waals surface area contributed by atoms with Crippen LogP contribution in [0.5, 0.6) is 11.5 Å². The van der Waals surface area contributed by atoms with E-state index in [-0.39, 0.29) is 18.1 Å². The highest BCUT2D eigenvalue weighted by Gasteiger charge is 2.30. The Balaban J connectivity index is 1.87. The molecule has 0 fully saturated rings. The average Bonchev–Trinajstić information content (AvgIpc) is 2.85. The number of anilines is 1. The quantitative estimate of drug-likeness (QED) is 0.473. The Morgan fingerprint density at radius 1 is 1.06 bits per heavy atom. The summed E-state index contributed by atoms with van der Waals surface area (Å²) in [5, 5.41) is 2.86. The number of carbonyl (C=O) groups is 2. The molecule has 0 radical (unpaired) electrons. The topological polar surface area (TPSA) is 105 Å². The fourth-order valence-corrected chi connectivity index (χ4v) is 4.54. The molecule has 1 aliphatic heterocycles. The first-order valence-corrected chi connectivity index (χ1v) is 13.5. The van der Waals surface area contributed by atoms with Gasteiger partial charge in [0.15, 0.2) is 11.5 Å². The molecule has 9 nitrogen and oxygen atoms in total. The molecular weight excluding hydrogens is 470 g/mol. The molecule has 0 spiro atoms. The van der Waals surface area contributed by atoms with E-state index in [4.69, 9.17) is 9.47 Å². The maximum Gasteiger partial charge on any atom is 0.244 e. The minimum atomic E-state index is -3.82. The monoisotopic (exact) mass is 503 g/mol. The number of amides is 2. The fourth-order valence-electron chi connectivity index (χ4n) is 3.70. The Morgan fingerprint density at radius 3 is 2.40 bits per heavy atom. The molecule has 1 atom stereocenters. The van der Waals surface area contributed by atoms with Gasteiger partial charge in [-0.3, -0.25) is 13.9 Å². The largest absolute Gasteiger partial charge is 0.486 e. The minimum absolute atomic E-state index is 0.167. The summed E-state index contributed by atoms with van der Waals surface area (Å²) in [7, 11) is -3.82. The molecule has 0 saturated carbocycles. The van der Waals surface area contributed by atoms with E-state index in [1.807, 2.05) is 37.3 Å². The first kappa shape index (κ1) is 26.3. The zero-order valence-corrected chi connectivity index (χ0v) is 21.2. The number of sulfonamides is 1. The van der Waals surface area contributed by atoms with Gasteiger partial charge in [0.2, 0.25) is 21.8 Å². The molecule has 35 heavy (non-hydrogen) atoms. The molecule has 1 heterocycles. The number of carbonyl (C=O) groups excluding carboxylic acids is 2. The van der Waals surface area contributed by atoms with Crippen molar-refractivity contribution in [3.05, 3.63) is 54.1 Å². The minimum Gasteiger partial charge on any atom is -0.486 e. The van der Waals surface area contributed by atoms with Gasteiger partial charge in [-0.1, -0.05) is 43.7 Å². The van der Waals surface area contributed by atoms with Crippen LogP contribution in [0.1, 0.15) is 32.3 Å². The molecule has 2 amide bonds. The number of hydrogen-bond acceptors (Lipinski definition) is 6. The van der Waals surface area contributed by atoms with Crippen molar-refractivity contribution >= 4 is 27.5 Å². The lowest BCUT2D eigenvalue weighted by Crippen LogP contribution is -2.51. The van der Waals surface area contributed by atoms with E-state index in [2.05, 4.69) is 5.32 Å². The number of nitrogens with one attached hydrogen (secondary N) is 1. The SMILES string of the molecule is CCCCNC(=O)[C@@H](C)N(Cc1ccccc1)C(=O)CN(c1ccc2c(c1)OCCO2)S(C)(=O)=O. The van der Waals surface area contributed by atoms with E-state index in [1.165, 1.54) is 4.90 Å². The number of ether oxygens (including phenoxy) is 2. The van der Waals surface area contributed by atoms with E-state index in [0.29, 0.717) is 31.3 Å². The lowest BCUT2D eigenvalue weighted by Gasteiger charge is -2.31. The Hall–Kier alpha value is -3.27. The van der Waals surface area contributed by atoms with E-state index >= 15 is 0 Å². The van der Waals surface area contributed by atoms with Crippen LogP contribution < -0.4 is 19.1 Å². The zero-order valence-electron chi connectivity index (χ0n) is 20.4. The predicted molar refractivity (Wildman–Crippen MR) is 134 cm³/mol. The average molecular weight is 504 g/mol. The Kier molecular flexibility index (Phi) is 8.97. The molecule has 10 heteroatoms. The highest BCUT2D eigenvalue weighted by atomic mass is 32.2. The van der Waals surface area contributed by atoms with Crippen LogP contribution in [0.25, 0.3) is 0 Å². The summed E-state index contributed by atoms with van der Waals surface area (Å²) in [6, 6.07) is 13.2. The van der Waals surface area contributed by atoms with Gasteiger partial charge in [0, 0.05) is 19.2 Å². The Labute approximate surface area is 207 Å². The first-order valence-electron chi connectivity index (χ1n) is 11.7. The van der Waals surface area contributed by atoms with Crippen LogP contribution >= 0.6 is 0 Å². The lowest BCUT2D eigenvalue weighted by atomic mass is 10.1. The molecule has 0 saturated heterocycles. The van der Waals surface area contributed by atoms with Crippen LogP contribution in [0.3, 0.4) is 0 Å². The van der Waals surface area contributed by atoms with E-state index < -0.39 is 28.5 Å². The van der Waals surface area contributed by atoms with Gasteiger partial charge in [-0.05, 0) is 31.0 Å². The van der Waals surface area contributed by atoms with Crippen molar-refractivity contribution in [3.63, 3.8) is 0 Å². The number of hydrogen-bond donors (Lipinski definition) is 1. The summed E-state index contributed by atoms with van der Waals surface area (Å²) in [6.45, 7) is 4.66. The molecule has 2 aromatic rings. The van der Waals surface area contributed by atoms with Crippen LogP contribution in [0, 0.1) is 0 Å². The summed E-state index contributed by atoms with van der Waals surface area (Å²) in [5.74, 6) is 0.155. The Morgan fingerprint density at radius 2 is 1.74 bits per heavy atom. The summed E-state index contributed by atoms with van der Waals surface area (Å²) >= 11 is 0. The van der Waals surface area contributed by atoms with Crippen molar-refractivity contribution in [2.24, 2.45) is 0 Å². The maximum absolute atomic E-state index is 13.5. The van der Waals surface area contributed by atoms with Crippen molar-refractivity contribution in [2.45, 2.75) is 39.3 Å². The standard InChI is InChI=1S/C25H33N3O6S/c1-4-5-13-26-25(30)19(2)27(17-20-9-7-6-8-10-20)24(29)18-28(35(3,31)32)21-11-12-22-23(16-21)34-15-14-33-22/h6-12,16,19H,4-5,13-15,17-18H2,1-3H3,(H,26,30)/t19-/m1/s1. The number of nitrogens with zero attached hydrogens (tertiary/aromatic N) is 2. The number of rotatable bonds is 11. The van der Waals surface area contributed by atoms with Crippen LogP contribution in [0.2, 0.25) is 0 Å². The first-order chi connectivity index (χ1) is 16.7. The number of unbranched alkanes of at least 4 members (excludes halogenated alkanes) is 1. The molecule has 0 aromatic heterocycles. The fraction of sp³-hybridized carbons (Fsp3) is 0.440. The van der Waals surface area contributed by atoms with Crippen molar-refractivity contribution in [3.8, 4) is 11.5 Å². The van der Waals surface area contributed by atoms with Gasteiger partial charge < -0.3 is 19.7 Å². The van der Waals surface area contributed by atoms with Crippen molar-refractivity contribution in [2.75, 3.05) is 36.9 Å². The highest BCUT2D eigenvalue weighted by Crippen LogP contribution is 2.34. The third-order valence-corrected chi connectivity index (χ3v) is 6.83. The normalized spacial score (nSPS) is 13.6. The molecule has 1 aliphatic rings. The Bertz CT molecular complexity index is 1120. The summed E-state index contributed by atoms with van der Waals surface area (Å²) < 4.78 is 37.5. The second kappa shape index (κ2) is 11.9. The van der Waals surface area contributed by atoms with Gasteiger partial charge in [-0.25, -0.2) is 8.42 Å². The van der Waals surface area contributed by atoms with Crippen LogP contribution in [-0.4, -0.2) is 63.7 Å². The maximum atomic E-state index is 13.5. The van der Waals surface area contributed by atoms with Gasteiger partial charge in [-0.15, -0.1) is 0 Å². The summed E-state index contributed by atoms with van der Waals surface area (Å²) in [5.41, 5.74) is 1.11. The molecular formula is C25H33N3O6S. The zero-order chi connectivity index (χ0) is 25.4. The lowest BCUT2D eigenvalue weighted by molar-refractivity contribution is -0.139. The third kappa shape index (κ3) is 7.11. The molecule has 1 N–H and O–H groups in total. The van der Waals surface area contributed by atoms with Gasteiger partial charge in [0.1, 0.15) is 25.8 Å². The predicted octanol–water partition coefficient (Wildman–Crippen LogP) is 2.56. The molecule has 0 bridgehead atoms. The molecule has 2 aromatic carbocycles. The summed E-state index contributed by atoms with van der Waals surface area (Å²) in [4.78, 5) is 27.7. The second-order valence-corrected chi connectivity index (χ2v) is 10.3.